The van der Waals surface area contributed by atoms with Gasteiger partial charge in [-0.15, -0.1) is 0 Å². The second-order valence-corrected chi connectivity index (χ2v) is 11.5. The van der Waals surface area contributed by atoms with Gasteiger partial charge in [-0.3, -0.25) is 14.6 Å². The Morgan fingerprint density at radius 1 is 1.13 bits per heavy atom. The third-order valence-corrected chi connectivity index (χ3v) is 7.12. The van der Waals surface area contributed by atoms with Crippen molar-refractivity contribution in [1.82, 2.24) is 9.88 Å². The maximum absolute atomic E-state index is 12.9. The van der Waals surface area contributed by atoms with Gasteiger partial charge in [0.1, 0.15) is 5.60 Å². The topological polar surface area (TPSA) is 102 Å². The van der Waals surface area contributed by atoms with Crippen molar-refractivity contribution in [2.75, 3.05) is 20.3 Å². The maximum Gasteiger partial charge on any atom is 0.251 e. The van der Waals surface area contributed by atoms with E-state index in [1.165, 1.54) is 0 Å². The van der Waals surface area contributed by atoms with Gasteiger partial charge in [0, 0.05) is 47.5 Å². The molecule has 2 aliphatic heterocycles. The quantitative estimate of drug-likeness (QED) is 0.488. The molecule has 39 heavy (non-hydrogen) atoms. The molecule has 5 rings (SSSR count). The number of methoxy groups -OCH3 is 1. The highest BCUT2D eigenvalue weighted by Gasteiger charge is 2.39. The number of aliphatic hydroxyl groups is 1. The molecule has 2 N–H and O–H groups in total. The lowest BCUT2D eigenvalue weighted by Crippen LogP contribution is -2.31. The highest BCUT2D eigenvalue weighted by molar-refractivity contribution is 6.16. The molecule has 204 valence electrons. The van der Waals surface area contributed by atoms with Crippen molar-refractivity contribution >= 4 is 11.6 Å². The van der Waals surface area contributed by atoms with Crippen LogP contribution in [0, 0.1) is 0 Å². The standard InChI is InChI=1S/C31H35N3O5/c1-30(2)15-22-14-24(38-5)28-23(16-31(3,4)39-28)26(22)27(33-30)21-10-11-25(36)34(18-21)17-19-6-8-20(9-7-19)29(37)32-12-13-35/h6-11,14,18,35H,12-13,15-17H2,1-5H3,(H,32,37). The van der Waals surface area contributed by atoms with E-state index in [4.69, 9.17) is 19.6 Å². The number of nitrogens with zero attached hydrogens (tertiary/aromatic N) is 2. The van der Waals surface area contributed by atoms with Gasteiger partial charge in [0.2, 0.25) is 0 Å². The Hall–Kier alpha value is -3.91. The second kappa shape index (κ2) is 10.0. The van der Waals surface area contributed by atoms with Gasteiger partial charge in [-0.1, -0.05) is 12.1 Å². The van der Waals surface area contributed by atoms with Crippen molar-refractivity contribution in [3.05, 3.63) is 92.4 Å². The molecule has 2 aliphatic rings. The van der Waals surface area contributed by atoms with Crippen LogP contribution in [-0.2, 0) is 19.4 Å². The molecule has 8 heteroatoms. The molecule has 3 heterocycles. The summed E-state index contributed by atoms with van der Waals surface area (Å²) in [5, 5.41) is 11.6. The summed E-state index contributed by atoms with van der Waals surface area (Å²) in [7, 11) is 1.67. The van der Waals surface area contributed by atoms with Gasteiger partial charge in [-0.05, 0) is 69.5 Å². The van der Waals surface area contributed by atoms with Crippen molar-refractivity contribution in [3.63, 3.8) is 0 Å². The summed E-state index contributed by atoms with van der Waals surface area (Å²) in [6.45, 7) is 8.82. The predicted octanol–water partition coefficient (Wildman–Crippen LogP) is 3.51. The normalized spacial score (nSPS) is 16.5. The van der Waals surface area contributed by atoms with Crippen LogP contribution in [-0.4, -0.2) is 52.7 Å². The molecule has 1 aromatic heterocycles. The number of fused-ring (bicyclic) bond motifs is 3. The number of carbonyl (C=O) groups is 1. The van der Waals surface area contributed by atoms with Crippen LogP contribution in [0.4, 0.5) is 0 Å². The highest BCUT2D eigenvalue weighted by atomic mass is 16.5. The number of hydrogen-bond acceptors (Lipinski definition) is 6. The molecule has 0 unspecified atom stereocenters. The van der Waals surface area contributed by atoms with Gasteiger partial charge in [0.25, 0.3) is 11.5 Å². The number of carbonyl (C=O) groups excluding carboxylic acids is 1. The number of aliphatic imine (C=N–C) groups is 1. The Bertz CT molecular complexity index is 1520. The van der Waals surface area contributed by atoms with Gasteiger partial charge in [0.15, 0.2) is 11.5 Å². The second-order valence-electron chi connectivity index (χ2n) is 11.5. The zero-order valence-electron chi connectivity index (χ0n) is 23.1. The number of rotatable bonds is 7. The zero-order valence-corrected chi connectivity index (χ0v) is 23.1. The summed E-state index contributed by atoms with van der Waals surface area (Å²) in [6, 6.07) is 12.6. The lowest BCUT2D eigenvalue weighted by molar-refractivity contribution is 0.0944. The van der Waals surface area contributed by atoms with Crippen molar-refractivity contribution in [3.8, 4) is 11.5 Å². The lowest BCUT2D eigenvalue weighted by atomic mass is 9.81. The van der Waals surface area contributed by atoms with Gasteiger partial charge >= 0.3 is 0 Å². The van der Waals surface area contributed by atoms with E-state index in [-0.39, 0.29) is 35.8 Å². The van der Waals surface area contributed by atoms with Crippen molar-refractivity contribution < 1.29 is 19.4 Å². The summed E-state index contributed by atoms with van der Waals surface area (Å²) in [5.41, 5.74) is 5.62. The molecule has 0 radical (unpaired) electrons. The fourth-order valence-corrected chi connectivity index (χ4v) is 5.45. The Kier molecular flexibility index (Phi) is 6.84. The molecule has 0 aliphatic carbocycles. The molecule has 3 aromatic rings. The molecule has 0 bridgehead atoms. The minimum absolute atomic E-state index is 0.114. The van der Waals surface area contributed by atoms with E-state index < -0.39 is 0 Å². The van der Waals surface area contributed by atoms with E-state index in [2.05, 4.69) is 39.1 Å². The van der Waals surface area contributed by atoms with E-state index >= 15 is 0 Å². The Labute approximate surface area is 228 Å². The maximum atomic E-state index is 12.9. The summed E-state index contributed by atoms with van der Waals surface area (Å²) in [5.74, 6) is 1.26. The number of pyridine rings is 1. The van der Waals surface area contributed by atoms with E-state index in [0.717, 1.165) is 57.9 Å². The molecule has 1 amide bonds. The Morgan fingerprint density at radius 3 is 2.56 bits per heavy atom. The van der Waals surface area contributed by atoms with Crippen LogP contribution in [0.5, 0.6) is 11.5 Å². The first-order valence-electron chi connectivity index (χ1n) is 13.2. The van der Waals surface area contributed by atoms with Crippen molar-refractivity contribution in [1.29, 1.82) is 0 Å². The van der Waals surface area contributed by atoms with Crippen LogP contribution in [0.1, 0.15) is 65.9 Å². The first kappa shape index (κ1) is 26.7. The smallest absolute Gasteiger partial charge is 0.251 e. The SMILES string of the molecule is COc1cc2c(c3c1OC(C)(C)C3)C(c1ccc(=O)n(Cc3ccc(C(=O)NCCO)cc3)c1)=NC(C)(C)C2. The fraction of sp³-hybridized carbons (Fsp3) is 0.387. The molecule has 0 fully saturated rings. The first-order chi connectivity index (χ1) is 18.5. The van der Waals surface area contributed by atoms with Gasteiger partial charge in [-0.25, -0.2) is 0 Å². The third-order valence-electron chi connectivity index (χ3n) is 7.12. The van der Waals surface area contributed by atoms with Crippen molar-refractivity contribution in [2.24, 2.45) is 4.99 Å². The minimum Gasteiger partial charge on any atom is -0.493 e. The average molecular weight is 530 g/mol. The molecular formula is C31H35N3O5. The fourth-order valence-electron chi connectivity index (χ4n) is 5.45. The molecule has 2 aromatic carbocycles. The molecule has 0 saturated carbocycles. The van der Waals surface area contributed by atoms with Crippen LogP contribution < -0.4 is 20.3 Å². The van der Waals surface area contributed by atoms with Crippen LogP contribution in [0.2, 0.25) is 0 Å². The molecule has 0 atom stereocenters. The van der Waals surface area contributed by atoms with E-state index in [0.29, 0.717) is 12.1 Å². The summed E-state index contributed by atoms with van der Waals surface area (Å²) < 4.78 is 13.7. The monoisotopic (exact) mass is 529 g/mol. The average Bonchev–Trinajstić information content (AvgIpc) is 3.22. The number of nitrogens with one attached hydrogen (secondary N) is 1. The van der Waals surface area contributed by atoms with E-state index in [1.807, 2.05) is 24.4 Å². The van der Waals surface area contributed by atoms with Crippen LogP contribution in [0.3, 0.4) is 0 Å². The highest BCUT2D eigenvalue weighted by Crippen LogP contribution is 2.47. The first-order valence-corrected chi connectivity index (χ1v) is 13.2. The Balaban J connectivity index is 1.53. The predicted molar refractivity (Wildman–Crippen MR) is 150 cm³/mol. The molecule has 0 spiro atoms. The molecule has 8 nitrogen and oxygen atoms in total. The van der Waals surface area contributed by atoms with Gasteiger partial charge in [-0.2, -0.15) is 0 Å². The summed E-state index contributed by atoms with van der Waals surface area (Å²) in [4.78, 5) is 30.2. The van der Waals surface area contributed by atoms with Crippen molar-refractivity contribution in [2.45, 2.75) is 58.2 Å². The largest absolute Gasteiger partial charge is 0.493 e. The number of hydrogen-bond donors (Lipinski definition) is 2. The number of amides is 1. The van der Waals surface area contributed by atoms with Gasteiger partial charge < -0.3 is 24.5 Å². The molecular weight excluding hydrogens is 494 g/mol. The van der Waals surface area contributed by atoms with E-state index in [9.17, 15) is 9.59 Å². The van der Waals surface area contributed by atoms with Gasteiger partial charge in [0.05, 0.1) is 31.5 Å². The lowest BCUT2D eigenvalue weighted by Gasteiger charge is -2.31. The zero-order chi connectivity index (χ0) is 27.9. The van der Waals surface area contributed by atoms with Crippen LogP contribution >= 0.6 is 0 Å². The minimum atomic E-state index is -0.358. The van der Waals surface area contributed by atoms with Crippen LogP contribution in [0.15, 0.2) is 58.4 Å². The number of aliphatic hydroxyl groups excluding tert-OH is 1. The van der Waals surface area contributed by atoms with Crippen LogP contribution in [0.25, 0.3) is 0 Å². The summed E-state index contributed by atoms with van der Waals surface area (Å²) >= 11 is 0. The third kappa shape index (κ3) is 5.34. The van der Waals surface area contributed by atoms with E-state index in [1.54, 1.807) is 29.9 Å². The number of aromatic nitrogens is 1. The number of ether oxygens (including phenoxy) is 2. The Morgan fingerprint density at radius 2 is 1.87 bits per heavy atom. The number of benzene rings is 2. The summed E-state index contributed by atoms with van der Waals surface area (Å²) in [6.07, 6.45) is 3.37. The molecule has 0 saturated heterocycles.